The number of benzene rings is 1. The van der Waals surface area contributed by atoms with Gasteiger partial charge in [-0.05, 0) is 17.7 Å². The Labute approximate surface area is 134 Å². The molecule has 0 fully saturated rings. The lowest BCUT2D eigenvalue weighted by Gasteiger charge is -2.07. The van der Waals surface area contributed by atoms with Crippen molar-refractivity contribution >= 4 is 16.9 Å². The Hall–Kier alpha value is -2.73. The zero-order valence-corrected chi connectivity index (χ0v) is 12.9. The highest BCUT2D eigenvalue weighted by Crippen LogP contribution is 2.13. The monoisotopic (exact) mass is 310 g/mol. The van der Waals surface area contributed by atoms with Gasteiger partial charge in [-0.3, -0.25) is 4.98 Å². The first-order chi connectivity index (χ1) is 11.3. The molecule has 2 aromatic heterocycles. The Kier molecular flexibility index (Phi) is 4.95. The number of fused-ring (bicyclic) bond motifs is 1. The Morgan fingerprint density at radius 2 is 1.83 bits per heavy atom. The van der Waals surface area contributed by atoms with E-state index in [0.717, 1.165) is 22.4 Å². The molecule has 6 nitrogen and oxygen atoms in total. The van der Waals surface area contributed by atoms with E-state index in [1.54, 1.807) is 19.5 Å². The topological polar surface area (TPSA) is 69.2 Å². The maximum atomic E-state index is 5.43. The second-order valence-corrected chi connectivity index (χ2v) is 4.94. The number of aromatic nitrogens is 3. The summed E-state index contributed by atoms with van der Waals surface area (Å²) in [5.41, 5.74) is 2.80. The molecular weight excluding hydrogens is 292 g/mol. The van der Waals surface area contributed by atoms with Gasteiger partial charge in [-0.1, -0.05) is 18.2 Å². The van der Waals surface area contributed by atoms with Gasteiger partial charge < -0.3 is 14.8 Å². The minimum absolute atomic E-state index is 0.494. The lowest BCUT2D eigenvalue weighted by Crippen LogP contribution is -2.06. The Morgan fingerprint density at radius 1 is 0.957 bits per heavy atom. The molecule has 118 valence electrons. The summed E-state index contributed by atoms with van der Waals surface area (Å²) in [6.07, 6.45) is 3.52. The van der Waals surface area contributed by atoms with Crippen molar-refractivity contribution in [2.75, 3.05) is 25.6 Å². The van der Waals surface area contributed by atoms with Crippen molar-refractivity contribution in [2.24, 2.45) is 0 Å². The van der Waals surface area contributed by atoms with Crippen LogP contribution < -0.4 is 10.1 Å². The first-order valence-electron chi connectivity index (χ1n) is 7.37. The number of para-hydroxylation sites is 2. The average molecular weight is 310 g/mol. The highest BCUT2D eigenvalue weighted by Gasteiger charge is 2.01. The van der Waals surface area contributed by atoms with Crippen LogP contribution in [-0.4, -0.2) is 35.3 Å². The van der Waals surface area contributed by atoms with Gasteiger partial charge in [0.2, 0.25) is 5.88 Å². The maximum absolute atomic E-state index is 5.43. The van der Waals surface area contributed by atoms with Crippen molar-refractivity contribution in [1.82, 2.24) is 15.0 Å². The van der Waals surface area contributed by atoms with Gasteiger partial charge in [-0.25, -0.2) is 9.97 Å². The maximum Gasteiger partial charge on any atom is 0.213 e. The molecule has 6 heteroatoms. The largest absolute Gasteiger partial charge is 0.475 e. The summed E-state index contributed by atoms with van der Waals surface area (Å²) in [6.45, 7) is 1.66. The normalized spacial score (nSPS) is 10.7. The summed E-state index contributed by atoms with van der Waals surface area (Å²) in [5.74, 6) is 1.33. The third-order valence-corrected chi connectivity index (χ3v) is 3.26. The molecule has 0 saturated carbocycles. The smallest absolute Gasteiger partial charge is 0.213 e. The minimum Gasteiger partial charge on any atom is -0.475 e. The molecule has 3 aromatic rings. The number of nitrogens with zero attached hydrogens (tertiary/aromatic N) is 3. The van der Waals surface area contributed by atoms with Gasteiger partial charge in [0, 0.05) is 25.9 Å². The fourth-order valence-electron chi connectivity index (χ4n) is 2.07. The number of nitrogens with one attached hydrogen (secondary N) is 1. The van der Waals surface area contributed by atoms with Gasteiger partial charge in [-0.15, -0.1) is 0 Å². The van der Waals surface area contributed by atoms with E-state index in [1.165, 1.54) is 0 Å². The highest BCUT2D eigenvalue weighted by molar-refractivity contribution is 5.75. The molecule has 0 aliphatic rings. The molecule has 0 saturated heterocycles. The van der Waals surface area contributed by atoms with Gasteiger partial charge in [0.15, 0.2) is 0 Å². The van der Waals surface area contributed by atoms with Crippen LogP contribution in [0.15, 0.2) is 48.8 Å². The first-order valence-corrected chi connectivity index (χ1v) is 7.37. The zero-order valence-electron chi connectivity index (χ0n) is 12.9. The molecule has 0 atom stereocenters. The van der Waals surface area contributed by atoms with Gasteiger partial charge in [0.25, 0.3) is 0 Å². The van der Waals surface area contributed by atoms with E-state index >= 15 is 0 Å². The summed E-state index contributed by atoms with van der Waals surface area (Å²) in [6, 6.07) is 11.6. The molecule has 0 aliphatic heterocycles. The summed E-state index contributed by atoms with van der Waals surface area (Å²) in [4.78, 5) is 13.2. The Bertz CT molecular complexity index is 762. The Morgan fingerprint density at radius 3 is 2.61 bits per heavy atom. The van der Waals surface area contributed by atoms with E-state index in [2.05, 4.69) is 20.3 Å². The molecule has 0 amide bonds. The van der Waals surface area contributed by atoms with Crippen molar-refractivity contribution in [3.63, 3.8) is 0 Å². The van der Waals surface area contributed by atoms with E-state index < -0.39 is 0 Å². The number of anilines is 1. The fraction of sp³-hybridized carbons (Fsp3) is 0.235. The number of rotatable bonds is 7. The van der Waals surface area contributed by atoms with E-state index in [9.17, 15) is 0 Å². The van der Waals surface area contributed by atoms with E-state index in [1.807, 2.05) is 36.4 Å². The third-order valence-electron chi connectivity index (χ3n) is 3.26. The van der Waals surface area contributed by atoms with Crippen LogP contribution in [0.2, 0.25) is 0 Å². The predicted molar refractivity (Wildman–Crippen MR) is 88.5 cm³/mol. The molecule has 0 spiro atoms. The fourth-order valence-corrected chi connectivity index (χ4v) is 2.07. The number of pyridine rings is 1. The second-order valence-electron chi connectivity index (χ2n) is 4.94. The molecular formula is C17H18N4O2. The van der Waals surface area contributed by atoms with Gasteiger partial charge in [0.1, 0.15) is 12.4 Å². The van der Waals surface area contributed by atoms with Gasteiger partial charge in [-0.2, -0.15) is 0 Å². The number of hydrogen-bond donors (Lipinski definition) is 1. The lowest BCUT2D eigenvalue weighted by molar-refractivity contribution is 0.143. The predicted octanol–water partition coefficient (Wildman–Crippen LogP) is 2.66. The number of methoxy groups -OCH3 is 1. The van der Waals surface area contributed by atoms with E-state index in [4.69, 9.17) is 9.47 Å². The van der Waals surface area contributed by atoms with Gasteiger partial charge >= 0.3 is 0 Å². The molecule has 1 aromatic carbocycles. The number of hydrogen-bond acceptors (Lipinski definition) is 6. The van der Waals surface area contributed by atoms with E-state index in [-0.39, 0.29) is 0 Å². The molecule has 3 rings (SSSR count). The standard InChI is InChI=1S/C17H18N4O2/c1-22-8-9-23-17-7-6-13(11-20-17)10-19-16-12-18-14-4-2-3-5-15(14)21-16/h2-7,11-12H,8-10H2,1H3,(H,19,21). The first kappa shape index (κ1) is 15.2. The van der Waals surface area contributed by atoms with Gasteiger partial charge in [0.05, 0.1) is 23.8 Å². The van der Waals surface area contributed by atoms with Crippen molar-refractivity contribution in [2.45, 2.75) is 6.54 Å². The SMILES string of the molecule is COCCOc1ccc(CNc2cnc3ccccc3n2)cn1. The van der Waals surface area contributed by atoms with Crippen LogP contribution in [0.1, 0.15) is 5.56 Å². The lowest BCUT2D eigenvalue weighted by atomic mass is 10.3. The molecule has 23 heavy (non-hydrogen) atoms. The molecule has 1 N–H and O–H groups in total. The second kappa shape index (κ2) is 7.51. The highest BCUT2D eigenvalue weighted by atomic mass is 16.5. The molecule has 0 bridgehead atoms. The molecule has 0 aliphatic carbocycles. The summed E-state index contributed by atoms with van der Waals surface area (Å²) < 4.78 is 10.4. The third kappa shape index (κ3) is 4.14. The quantitative estimate of drug-likeness (QED) is 0.677. The summed E-state index contributed by atoms with van der Waals surface area (Å²) in [5, 5.41) is 3.25. The minimum atomic E-state index is 0.494. The molecule has 0 radical (unpaired) electrons. The average Bonchev–Trinajstić information content (AvgIpc) is 2.61. The molecule has 0 unspecified atom stereocenters. The van der Waals surface area contributed by atoms with Crippen molar-refractivity contribution in [3.05, 3.63) is 54.4 Å². The molecule has 2 heterocycles. The van der Waals surface area contributed by atoms with E-state index in [0.29, 0.717) is 25.6 Å². The number of ether oxygens (including phenoxy) is 2. The zero-order chi connectivity index (χ0) is 15.9. The van der Waals surface area contributed by atoms with Crippen LogP contribution in [0.3, 0.4) is 0 Å². The summed E-state index contributed by atoms with van der Waals surface area (Å²) in [7, 11) is 1.64. The van der Waals surface area contributed by atoms with Crippen LogP contribution in [0.4, 0.5) is 5.82 Å². The Balaban J connectivity index is 1.58. The van der Waals surface area contributed by atoms with Crippen molar-refractivity contribution in [1.29, 1.82) is 0 Å². The van der Waals surface area contributed by atoms with Crippen molar-refractivity contribution < 1.29 is 9.47 Å². The van der Waals surface area contributed by atoms with Crippen molar-refractivity contribution in [3.8, 4) is 5.88 Å². The van der Waals surface area contributed by atoms with Crippen LogP contribution >= 0.6 is 0 Å². The van der Waals surface area contributed by atoms with Crippen LogP contribution in [0, 0.1) is 0 Å². The van der Waals surface area contributed by atoms with Crippen LogP contribution in [-0.2, 0) is 11.3 Å². The van der Waals surface area contributed by atoms with Crippen LogP contribution in [0.25, 0.3) is 11.0 Å². The summed E-state index contributed by atoms with van der Waals surface area (Å²) >= 11 is 0. The van der Waals surface area contributed by atoms with Crippen LogP contribution in [0.5, 0.6) is 5.88 Å².